The molecule has 0 saturated heterocycles. The number of aromatic nitrogens is 2. The first-order valence-electron chi connectivity index (χ1n) is 5.54. The predicted molar refractivity (Wildman–Crippen MR) is 80.0 cm³/mol. The van der Waals surface area contributed by atoms with E-state index >= 15 is 0 Å². The van der Waals surface area contributed by atoms with E-state index in [-0.39, 0.29) is 10.6 Å². The fraction of sp³-hybridized carbons (Fsp3) is 0. The summed E-state index contributed by atoms with van der Waals surface area (Å²) in [6, 6.07) is 10.5. The van der Waals surface area contributed by atoms with Crippen molar-refractivity contribution in [2.75, 3.05) is 0 Å². The standard InChI is InChI=1S/C13H8IN3O2/c14-10-5-3-7-16-8-11(15-13(10)16)9-4-1-2-6-12(9)17(18)19/h1-8H. The van der Waals surface area contributed by atoms with Crippen LogP contribution < -0.4 is 0 Å². The summed E-state index contributed by atoms with van der Waals surface area (Å²) in [5.74, 6) is 0. The molecule has 0 N–H and O–H groups in total. The quantitative estimate of drug-likeness (QED) is 0.397. The Kier molecular flexibility index (Phi) is 2.94. The van der Waals surface area contributed by atoms with Gasteiger partial charge in [0.2, 0.25) is 0 Å². The van der Waals surface area contributed by atoms with Crippen LogP contribution in [0, 0.1) is 13.7 Å². The Labute approximate surface area is 122 Å². The van der Waals surface area contributed by atoms with Crippen molar-refractivity contribution in [3.8, 4) is 11.3 Å². The molecule has 0 spiro atoms. The first-order valence-corrected chi connectivity index (χ1v) is 6.62. The molecular weight excluding hydrogens is 357 g/mol. The number of rotatable bonds is 2. The SMILES string of the molecule is O=[N+]([O-])c1ccccc1-c1cn2cccc(I)c2n1. The van der Waals surface area contributed by atoms with Crippen LogP contribution in [0.15, 0.2) is 48.8 Å². The van der Waals surface area contributed by atoms with Gasteiger partial charge in [0, 0.05) is 18.5 Å². The van der Waals surface area contributed by atoms with Crippen LogP contribution in [0.25, 0.3) is 16.9 Å². The van der Waals surface area contributed by atoms with Gasteiger partial charge in [0.05, 0.1) is 19.8 Å². The minimum absolute atomic E-state index is 0.0703. The van der Waals surface area contributed by atoms with Gasteiger partial charge < -0.3 is 4.40 Å². The summed E-state index contributed by atoms with van der Waals surface area (Å²) in [7, 11) is 0. The van der Waals surface area contributed by atoms with E-state index in [1.807, 2.05) is 22.7 Å². The van der Waals surface area contributed by atoms with Gasteiger partial charge in [-0.15, -0.1) is 0 Å². The number of imidazole rings is 1. The number of nitro benzene ring substituents is 1. The Balaban J connectivity index is 2.25. The van der Waals surface area contributed by atoms with E-state index in [1.165, 1.54) is 6.07 Å². The molecular formula is C13H8IN3O2. The van der Waals surface area contributed by atoms with Crippen molar-refractivity contribution in [2.45, 2.75) is 0 Å². The van der Waals surface area contributed by atoms with E-state index in [2.05, 4.69) is 27.6 Å². The van der Waals surface area contributed by atoms with Crippen LogP contribution in [0.4, 0.5) is 5.69 Å². The second kappa shape index (κ2) is 4.61. The Bertz CT molecular complexity index is 782. The van der Waals surface area contributed by atoms with Gasteiger partial charge in [-0.3, -0.25) is 10.1 Å². The van der Waals surface area contributed by atoms with Crippen LogP contribution in [-0.4, -0.2) is 14.3 Å². The van der Waals surface area contributed by atoms with Crippen molar-refractivity contribution in [3.05, 3.63) is 62.5 Å². The average molecular weight is 365 g/mol. The Morgan fingerprint density at radius 3 is 2.74 bits per heavy atom. The molecule has 2 heterocycles. The fourth-order valence-corrected chi connectivity index (χ4v) is 2.56. The van der Waals surface area contributed by atoms with Crippen LogP contribution >= 0.6 is 22.6 Å². The molecule has 5 nitrogen and oxygen atoms in total. The first-order chi connectivity index (χ1) is 9.16. The number of nitrogens with zero attached hydrogens (tertiary/aromatic N) is 3. The molecule has 0 amide bonds. The van der Waals surface area contributed by atoms with E-state index in [1.54, 1.807) is 24.4 Å². The monoisotopic (exact) mass is 365 g/mol. The molecule has 6 heteroatoms. The maximum Gasteiger partial charge on any atom is 0.278 e. The van der Waals surface area contributed by atoms with E-state index < -0.39 is 0 Å². The normalized spacial score (nSPS) is 10.8. The molecule has 0 radical (unpaired) electrons. The summed E-state index contributed by atoms with van der Waals surface area (Å²) in [5.41, 5.74) is 2.01. The number of halogens is 1. The second-order valence-corrected chi connectivity index (χ2v) is 5.15. The van der Waals surface area contributed by atoms with Gasteiger partial charge in [-0.2, -0.15) is 0 Å². The Hall–Kier alpha value is -1.96. The molecule has 0 bridgehead atoms. The highest BCUT2D eigenvalue weighted by molar-refractivity contribution is 14.1. The maximum atomic E-state index is 11.0. The zero-order valence-electron chi connectivity index (χ0n) is 9.65. The summed E-state index contributed by atoms with van der Waals surface area (Å²) in [4.78, 5) is 15.1. The van der Waals surface area contributed by atoms with Crippen LogP contribution in [0.2, 0.25) is 0 Å². The van der Waals surface area contributed by atoms with Crippen LogP contribution in [-0.2, 0) is 0 Å². The molecule has 94 valence electrons. The summed E-state index contributed by atoms with van der Waals surface area (Å²) in [6.07, 6.45) is 3.68. The van der Waals surface area contributed by atoms with Crippen molar-refractivity contribution >= 4 is 33.9 Å². The Morgan fingerprint density at radius 2 is 2.00 bits per heavy atom. The average Bonchev–Trinajstić information content (AvgIpc) is 2.84. The number of hydrogen-bond donors (Lipinski definition) is 0. The molecule has 0 unspecified atom stereocenters. The van der Waals surface area contributed by atoms with Gasteiger partial charge >= 0.3 is 0 Å². The van der Waals surface area contributed by atoms with E-state index in [0.717, 1.165) is 9.22 Å². The number of para-hydroxylation sites is 1. The number of nitro groups is 1. The lowest BCUT2D eigenvalue weighted by Crippen LogP contribution is -1.91. The van der Waals surface area contributed by atoms with Gasteiger partial charge in [0.25, 0.3) is 5.69 Å². The second-order valence-electron chi connectivity index (χ2n) is 3.99. The summed E-state index contributed by atoms with van der Waals surface area (Å²) >= 11 is 2.20. The molecule has 0 saturated carbocycles. The number of pyridine rings is 1. The minimum Gasteiger partial charge on any atom is -0.306 e. The summed E-state index contributed by atoms with van der Waals surface area (Å²) in [5, 5.41) is 11.0. The van der Waals surface area contributed by atoms with Crippen LogP contribution in [0.3, 0.4) is 0 Å². The van der Waals surface area contributed by atoms with Gasteiger partial charge in [-0.1, -0.05) is 12.1 Å². The molecule has 2 aromatic heterocycles. The number of fused-ring (bicyclic) bond motifs is 1. The summed E-state index contributed by atoms with van der Waals surface area (Å²) < 4.78 is 2.87. The highest BCUT2D eigenvalue weighted by Gasteiger charge is 2.17. The largest absolute Gasteiger partial charge is 0.306 e. The van der Waals surface area contributed by atoms with E-state index in [4.69, 9.17) is 0 Å². The lowest BCUT2D eigenvalue weighted by molar-refractivity contribution is -0.384. The lowest BCUT2D eigenvalue weighted by atomic mass is 10.1. The molecule has 0 fully saturated rings. The third-order valence-electron chi connectivity index (χ3n) is 2.81. The van der Waals surface area contributed by atoms with Crippen molar-refractivity contribution in [1.82, 2.24) is 9.38 Å². The fourth-order valence-electron chi connectivity index (χ4n) is 1.96. The van der Waals surface area contributed by atoms with Crippen molar-refractivity contribution < 1.29 is 4.92 Å². The van der Waals surface area contributed by atoms with Gasteiger partial charge in [-0.25, -0.2) is 4.98 Å². The molecule has 3 rings (SSSR count). The minimum atomic E-state index is -0.385. The maximum absolute atomic E-state index is 11.0. The molecule has 0 aliphatic heterocycles. The number of hydrogen-bond acceptors (Lipinski definition) is 3. The molecule has 1 aromatic carbocycles. The van der Waals surface area contributed by atoms with Crippen LogP contribution in [0.1, 0.15) is 0 Å². The highest BCUT2D eigenvalue weighted by atomic mass is 127. The molecule has 0 atom stereocenters. The third-order valence-corrected chi connectivity index (χ3v) is 3.65. The molecule has 3 aromatic rings. The predicted octanol–water partition coefficient (Wildman–Crippen LogP) is 3.51. The zero-order chi connectivity index (χ0) is 13.4. The first kappa shape index (κ1) is 12.1. The third kappa shape index (κ3) is 2.07. The van der Waals surface area contributed by atoms with Gasteiger partial charge in [-0.05, 0) is 40.8 Å². The van der Waals surface area contributed by atoms with Crippen LogP contribution in [0.5, 0.6) is 0 Å². The topological polar surface area (TPSA) is 60.4 Å². The molecule has 0 aliphatic carbocycles. The lowest BCUT2D eigenvalue weighted by Gasteiger charge is -1.97. The van der Waals surface area contributed by atoms with Crippen molar-refractivity contribution in [1.29, 1.82) is 0 Å². The molecule has 0 aliphatic rings. The molecule has 19 heavy (non-hydrogen) atoms. The number of benzene rings is 1. The Morgan fingerprint density at radius 1 is 1.21 bits per heavy atom. The van der Waals surface area contributed by atoms with E-state index in [0.29, 0.717) is 11.3 Å². The highest BCUT2D eigenvalue weighted by Crippen LogP contribution is 2.29. The van der Waals surface area contributed by atoms with Gasteiger partial charge in [0.1, 0.15) is 0 Å². The smallest absolute Gasteiger partial charge is 0.278 e. The zero-order valence-corrected chi connectivity index (χ0v) is 11.8. The van der Waals surface area contributed by atoms with Gasteiger partial charge in [0.15, 0.2) is 5.65 Å². The summed E-state index contributed by atoms with van der Waals surface area (Å²) in [6.45, 7) is 0. The van der Waals surface area contributed by atoms with Crippen molar-refractivity contribution in [2.24, 2.45) is 0 Å². The van der Waals surface area contributed by atoms with Crippen molar-refractivity contribution in [3.63, 3.8) is 0 Å². The van der Waals surface area contributed by atoms with E-state index in [9.17, 15) is 10.1 Å².